The number of halogens is 2. The van der Waals surface area contributed by atoms with Crippen LogP contribution in [0.25, 0.3) is 0 Å². The molecule has 0 radical (unpaired) electrons. The molecule has 0 aliphatic heterocycles. The molecular formula is C23H37Cl2NO. The number of hydrogen-bond acceptors (Lipinski definition) is 1. The van der Waals surface area contributed by atoms with Crippen molar-refractivity contribution >= 4 is 29.1 Å². The van der Waals surface area contributed by atoms with Gasteiger partial charge < -0.3 is 5.32 Å². The quantitative estimate of drug-likeness (QED) is 0.271. The summed E-state index contributed by atoms with van der Waals surface area (Å²) in [6.45, 7) is 2.98. The van der Waals surface area contributed by atoms with E-state index in [1.54, 1.807) is 18.2 Å². The first kappa shape index (κ1) is 24.3. The third kappa shape index (κ3) is 12.4. The molecular weight excluding hydrogens is 377 g/mol. The van der Waals surface area contributed by atoms with Crippen LogP contribution in [-0.2, 0) is 0 Å². The second-order valence-corrected chi connectivity index (χ2v) is 8.32. The molecule has 1 N–H and O–H groups in total. The van der Waals surface area contributed by atoms with Gasteiger partial charge in [0.05, 0.1) is 10.6 Å². The Morgan fingerprint density at radius 2 is 1.26 bits per heavy atom. The number of nitrogens with one attached hydrogen (secondary N) is 1. The summed E-state index contributed by atoms with van der Waals surface area (Å²) in [4.78, 5) is 12.1. The monoisotopic (exact) mass is 413 g/mol. The molecule has 4 heteroatoms. The van der Waals surface area contributed by atoms with Gasteiger partial charge in [-0.15, -0.1) is 0 Å². The van der Waals surface area contributed by atoms with E-state index >= 15 is 0 Å². The standard InChI is InChI=1S/C23H37Cl2NO/c1-2-3-4-5-6-7-8-9-10-11-12-13-14-15-18-26-23(27)21-17-16-20(24)19-22(21)25/h16-17,19H,2-15,18H2,1H3,(H,26,27). The van der Waals surface area contributed by atoms with E-state index in [9.17, 15) is 4.79 Å². The van der Waals surface area contributed by atoms with Crippen molar-refractivity contribution in [2.24, 2.45) is 0 Å². The highest BCUT2D eigenvalue weighted by Gasteiger charge is 2.09. The number of rotatable bonds is 16. The molecule has 1 rings (SSSR count). The van der Waals surface area contributed by atoms with Crippen LogP contribution in [0.15, 0.2) is 18.2 Å². The number of unbranched alkanes of at least 4 members (excludes halogenated alkanes) is 13. The summed E-state index contributed by atoms with van der Waals surface area (Å²) in [6, 6.07) is 4.96. The van der Waals surface area contributed by atoms with E-state index in [0.717, 1.165) is 6.42 Å². The first-order chi connectivity index (χ1) is 13.1. The normalized spacial score (nSPS) is 10.9. The molecule has 0 bridgehead atoms. The van der Waals surface area contributed by atoms with Gasteiger partial charge in [0, 0.05) is 11.6 Å². The molecule has 0 saturated heterocycles. The molecule has 0 aliphatic carbocycles. The van der Waals surface area contributed by atoms with Crippen LogP contribution in [0.5, 0.6) is 0 Å². The van der Waals surface area contributed by atoms with E-state index in [0.29, 0.717) is 22.2 Å². The number of carbonyl (C=O) groups excluding carboxylic acids is 1. The summed E-state index contributed by atoms with van der Waals surface area (Å²) in [7, 11) is 0. The first-order valence-corrected chi connectivity index (χ1v) is 11.6. The van der Waals surface area contributed by atoms with E-state index in [1.165, 1.54) is 83.5 Å². The van der Waals surface area contributed by atoms with Gasteiger partial charge in [0.15, 0.2) is 0 Å². The van der Waals surface area contributed by atoms with E-state index < -0.39 is 0 Å². The van der Waals surface area contributed by atoms with Crippen LogP contribution in [0.4, 0.5) is 0 Å². The minimum atomic E-state index is -0.119. The maximum Gasteiger partial charge on any atom is 0.252 e. The molecule has 27 heavy (non-hydrogen) atoms. The molecule has 0 aliphatic rings. The highest BCUT2D eigenvalue weighted by Crippen LogP contribution is 2.20. The van der Waals surface area contributed by atoms with Gasteiger partial charge in [-0.1, -0.05) is 114 Å². The SMILES string of the molecule is CCCCCCCCCCCCCCCCNC(=O)c1ccc(Cl)cc1Cl. The van der Waals surface area contributed by atoms with Gasteiger partial charge in [-0.2, -0.15) is 0 Å². The average Bonchev–Trinajstić information content (AvgIpc) is 2.64. The van der Waals surface area contributed by atoms with Crippen LogP contribution < -0.4 is 5.32 Å². The molecule has 1 aromatic carbocycles. The van der Waals surface area contributed by atoms with E-state index in [2.05, 4.69) is 12.2 Å². The zero-order valence-corrected chi connectivity index (χ0v) is 18.5. The fourth-order valence-corrected chi connectivity index (χ4v) is 3.78. The number of carbonyl (C=O) groups is 1. The third-order valence-electron chi connectivity index (χ3n) is 4.99. The van der Waals surface area contributed by atoms with Crippen LogP contribution in [0.3, 0.4) is 0 Å². The summed E-state index contributed by atoms with van der Waals surface area (Å²) in [6.07, 6.45) is 18.7. The Morgan fingerprint density at radius 3 is 1.74 bits per heavy atom. The lowest BCUT2D eigenvalue weighted by Gasteiger charge is -2.07. The van der Waals surface area contributed by atoms with Gasteiger partial charge >= 0.3 is 0 Å². The lowest BCUT2D eigenvalue weighted by molar-refractivity contribution is 0.0953. The van der Waals surface area contributed by atoms with Crippen LogP contribution >= 0.6 is 23.2 Å². The number of amides is 1. The minimum Gasteiger partial charge on any atom is -0.352 e. The van der Waals surface area contributed by atoms with Crippen molar-refractivity contribution in [3.8, 4) is 0 Å². The lowest BCUT2D eigenvalue weighted by atomic mass is 10.0. The average molecular weight is 414 g/mol. The highest BCUT2D eigenvalue weighted by atomic mass is 35.5. The molecule has 0 heterocycles. The Kier molecular flexibility index (Phi) is 14.6. The maximum absolute atomic E-state index is 12.1. The summed E-state index contributed by atoms with van der Waals surface area (Å²) in [5.41, 5.74) is 0.492. The van der Waals surface area contributed by atoms with Crippen molar-refractivity contribution in [1.29, 1.82) is 0 Å². The van der Waals surface area contributed by atoms with Crippen molar-refractivity contribution in [2.45, 2.75) is 96.8 Å². The van der Waals surface area contributed by atoms with E-state index in [4.69, 9.17) is 23.2 Å². The first-order valence-electron chi connectivity index (χ1n) is 10.9. The van der Waals surface area contributed by atoms with Gasteiger partial charge in [-0.3, -0.25) is 4.79 Å². The summed E-state index contributed by atoms with van der Waals surface area (Å²) in [5, 5.41) is 3.88. The second-order valence-electron chi connectivity index (χ2n) is 7.48. The van der Waals surface area contributed by atoms with E-state index in [1.807, 2.05) is 0 Å². The predicted octanol–water partition coefficient (Wildman–Crippen LogP) is 8.20. The van der Waals surface area contributed by atoms with Crippen molar-refractivity contribution in [2.75, 3.05) is 6.54 Å². The van der Waals surface area contributed by atoms with E-state index in [-0.39, 0.29) is 5.91 Å². The maximum atomic E-state index is 12.1. The molecule has 0 unspecified atom stereocenters. The number of benzene rings is 1. The Hall–Kier alpha value is -0.730. The van der Waals surface area contributed by atoms with Crippen molar-refractivity contribution in [3.05, 3.63) is 33.8 Å². The van der Waals surface area contributed by atoms with Gasteiger partial charge in [0.25, 0.3) is 5.91 Å². The van der Waals surface area contributed by atoms with Crippen molar-refractivity contribution in [3.63, 3.8) is 0 Å². The topological polar surface area (TPSA) is 29.1 Å². The molecule has 0 spiro atoms. The summed E-state index contributed by atoms with van der Waals surface area (Å²) >= 11 is 11.9. The van der Waals surface area contributed by atoms with Crippen molar-refractivity contribution < 1.29 is 4.79 Å². The van der Waals surface area contributed by atoms with Crippen LogP contribution in [-0.4, -0.2) is 12.5 Å². The Morgan fingerprint density at radius 1 is 0.778 bits per heavy atom. The molecule has 0 fully saturated rings. The second kappa shape index (κ2) is 16.2. The molecule has 2 nitrogen and oxygen atoms in total. The lowest BCUT2D eigenvalue weighted by Crippen LogP contribution is -2.24. The highest BCUT2D eigenvalue weighted by molar-refractivity contribution is 6.36. The molecule has 1 aromatic rings. The fraction of sp³-hybridized carbons (Fsp3) is 0.696. The van der Waals surface area contributed by atoms with Crippen molar-refractivity contribution in [1.82, 2.24) is 5.32 Å². The van der Waals surface area contributed by atoms with Crippen LogP contribution in [0.2, 0.25) is 10.0 Å². The van der Waals surface area contributed by atoms with Gasteiger partial charge in [-0.25, -0.2) is 0 Å². The molecule has 154 valence electrons. The largest absolute Gasteiger partial charge is 0.352 e. The fourth-order valence-electron chi connectivity index (χ4n) is 3.29. The Balaban J connectivity index is 1.88. The summed E-state index contributed by atoms with van der Waals surface area (Å²) < 4.78 is 0. The predicted molar refractivity (Wildman–Crippen MR) is 119 cm³/mol. The molecule has 0 saturated carbocycles. The zero-order chi connectivity index (χ0) is 19.7. The Labute approximate surface area is 176 Å². The van der Waals surface area contributed by atoms with Gasteiger partial charge in [0.2, 0.25) is 0 Å². The third-order valence-corrected chi connectivity index (χ3v) is 5.54. The smallest absolute Gasteiger partial charge is 0.252 e. The summed E-state index contributed by atoms with van der Waals surface area (Å²) in [5.74, 6) is -0.119. The zero-order valence-electron chi connectivity index (χ0n) is 17.0. The van der Waals surface area contributed by atoms with Crippen LogP contribution in [0.1, 0.15) is 107 Å². The van der Waals surface area contributed by atoms with Crippen LogP contribution in [0, 0.1) is 0 Å². The molecule has 0 aromatic heterocycles. The number of hydrogen-bond donors (Lipinski definition) is 1. The van der Waals surface area contributed by atoms with Gasteiger partial charge in [-0.05, 0) is 24.6 Å². The molecule has 0 atom stereocenters. The Bertz CT molecular complexity index is 519. The van der Waals surface area contributed by atoms with Gasteiger partial charge in [0.1, 0.15) is 0 Å². The molecule has 1 amide bonds. The minimum absolute atomic E-state index is 0.119.